The Hall–Kier alpha value is -3.51. The third-order valence-electron chi connectivity index (χ3n) is 6.67. The molecule has 2 heterocycles. The highest BCUT2D eigenvalue weighted by atomic mass is 19.1. The fourth-order valence-electron chi connectivity index (χ4n) is 5.06. The summed E-state index contributed by atoms with van der Waals surface area (Å²) < 4.78 is 26.5. The van der Waals surface area contributed by atoms with Crippen LogP contribution in [0.3, 0.4) is 0 Å². The number of esters is 1. The van der Waals surface area contributed by atoms with Crippen LogP contribution >= 0.6 is 0 Å². The minimum absolute atomic E-state index is 0.0618. The highest BCUT2D eigenvalue weighted by molar-refractivity contribution is 6.08. The zero-order valence-electron chi connectivity index (χ0n) is 23.9. The van der Waals surface area contributed by atoms with Gasteiger partial charge in [0, 0.05) is 23.6 Å². The predicted molar refractivity (Wildman–Crippen MR) is 155 cm³/mol. The van der Waals surface area contributed by atoms with Gasteiger partial charge in [-0.15, -0.1) is 0 Å². The lowest BCUT2D eigenvalue weighted by atomic mass is 9.85. The molecule has 206 valence electrons. The average Bonchev–Trinajstić information content (AvgIpc) is 2.85. The number of hydrogen-bond donors (Lipinski definition) is 1. The van der Waals surface area contributed by atoms with Gasteiger partial charge < -0.3 is 14.6 Å². The molecule has 5 rings (SSSR count). The Morgan fingerprint density at radius 3 is 2.56 bits per heavy atom. The van der Waals surface area contributed by atoms with E-state index in [0.717, 1.165) is 56.1 Å². The number of ether oxygens (including phenoxy) is 2. The molecule has 0 atom stereocenters. The van der Waals surface area contributed by atoms with Crippen LogP contribution in [0.25, 0.3) is 32.8 Å². The van der Waals surface area contributed by atoms with Crippen molar-refractivity contribution >= 4 is 27.6 Å². The molecule has 3 aromatic carbocycles. The summed E-state index contributed by atoms with van der Waals surface area (Å²) in [5, 5.41) is 11.2. The number of aromatic nitrogens is 1. The third-order valence-corrected chi connectivity index (χ3v) is 6.67. The maximum atomic E-state index is 15.3. The van der Waals surface area contributed by atoms with Crippen molar-refractivity contribution < 1.29 is 23.8 Å². The Labute approximate surface area is 230 Å². The molecular formula is C33H38FNO4. The normalized spacial score (nSPS) is 12.8. The molecule has 1 aliphatic rings. The van der Waals surface area contributed by atoms with Gasteiger partial charge in [-0.25, -0.2) is 4.39 Å². The second kappa shape index (κ2) is 11.3. The van der Waals surface area contributed by atoms with Crippen molar-refractivity contribution in [1.82, 2.24) is 4.98 Å². The van der Waals surface area contributed by atoms with Crippen molar-refractivity contribution in [3.05, 3.63) is 70.7 Å². The molecule has 0 radical (unpaired) electrons. The van der Waals surface area contributed by atoms with Crippen LogP contribution in [0.2, 0.25) is 0 Å². The van der Waals surface area contributed by atoms with E-state index in [-0.39, 0.29) is 24.1 Å². The van der Waals surface area contributed by atoms with Crippen molar-refractivity contribution in [3.63, 3.8) is 0 Å². The lowest BCUT2D eigenvalue weighted by molar-refractivity contribution is -0.142. The van der Waals surface area contributed by atoms with E-state index in [4.69, 9.17) is 19.6 Å². The summed E-state index contributed by atoms with van der Waals surface area (Å²) in [6.07, 6.45) is 2.74. The Morgan fingerprint density at radius 2 is 1.90 bits per heavy atom. The van der Waals surface area contributed by atoms with E-state index in [1.54, 1.807) is 33.8 Å². The summed E-state index contributed by atoms with van der Waals surface area (Å²) in [5.41, 5.74) is 5.68. The van der Waals surface area contributed by atoms with Crippen molar-refractivity contribution in [3.8, 4) is 16.9 Å². The number of fused-ring (bicyclic) bond motifs is 1. The number of carbonyl (C=O) groups excluding carboxylic acids is 1. The van der Waals surface area contributed by atoms with Crippen LogP contribution in [0.15, 0.2) is 42.6 Å². The molecule has 0 saturated heterocycles. The van der Waals surface area contributed by atoms with Crippen LogP contribution in [-0.4, -0.2) is 34.9 Å². The number of rotatable bonds is 5. The van der Waals surface area contributed by atoms with Crippen LogP contribution in [0.1, 0.15) is 69.7 Å². The molecule has 1 aliphatic heterocycles. The summed E-state index contributed by atoms with van der Waals surface area (Å²) in [4.78, 5) is 17.3. The number of carbonyl (C=O) groups is 1. The second-order valence-corrected chi connectivity index (χ2v) is 11.4. The summed E-state index contributed by atoms with van der Waals surface area (Å²) in [6.45, 7) is 13.9. The predicted octanol–water partition coefficient (Wildman–Crippen LogP) is 7.44. The lowest BCUT2D eigenvalue weighted by Gasteiger charge is -2.22. The topological polar surface area (TPSA) is 68.7 Å². The molecule has 0 unspecified atom stereocenters. The second-order valence-electron chi connectivity index (χ2n) is 11.4. The maximum absolute atomic E-state index is 15.3. The van der Waals surface area contributed by atoms with E-state index < -0.39 is 5.60 Å². The number of hydrogen-bond acceptors (Lipinski definition) is 5. The Balaban J connectivity index is 0.000000648. The first-order valence-electron chi connectivity index (χ1n) is 13.6. The zero-order chi connectivity index (χ0) is 28.5. The zero-order valence-corrected chi connectivity index (χ0v) is 23.9. The summed E-state index contributed by atoms with van der Waals surface area (Å²) in [6, 6.07) is 11.6. The van der Waals surface area contributed by atoms with Gasteiger partial charge >= 0.3 is 5.97 Å². The number of nitrogens with zero attached hydrogens (tertiary/aromatic N) is 1. The standard InChI is InChI=1S/C29H28FNO3.C4H10O/c1-5-33-26(32)15-22-17(4)12-19-13-21(16(2)3)24(30)14-23(19)28(22)20-6-7-25-27-18(9-11-34-25)8-10-31-29(20)27;1-4(2,3)5/h6-8,10,12-14,16H,5,9,11,15H2,1-4H3;5H,1-3H3. The van der Waals surface area contributed by atoms with Crippen molar-refractivity contribution in [2.75, 3.05) is 13.2 Å². The fraction of sp³-hybridized carbons (Fsp3) is 0.394. The smallest absolute Gasteiger partial charge is 0.310 e. The van der Waals surface area contributed by atoms with Gasteiger partial charge in [0.15, 0.2) is 0 Å². The van der Waals surface area contributed by atoms with E-state index in [2.05, 4.69) is 0 Å². The number of pyridine rings is 1. The van der Waals surface area contributed by atoms with E-state index >= 15 is 4.39 Å². The van der Waals surface area contributed by atoms with E-state index in [1.165, 1.54) is 5.56 Å². The number of benzene rings is 3. The first-order chi connectivity index (χ1) is 18.4. The lowest BCUT2D eigenvalue weighted by Crippen LogP contribution is -2.11. The van der Waals surface area contributed by atoms with Gasteiger partial charge in [-0.3, -0.25) is 9.78 Å². The Morgan fingerprint density at radius 1 is 1.18 bits per heavy atom. The largest absolute Gasteiger partial charge is 0.493 e. The molecule has 0 amide bonds. The molecule has 0 bridgehead atoms. The average molecular weight is 532 g/mol. The van der Waals surface area contributed by atoms with Crippen molar-refractivity contribution in [2.24, 2.45) is 0 Å². The molecule has 1 aromatic heterocycles. The molecule has 4 aromatic rings. The van der Waals surface area contributed by atoms with Crippen LogP contribution in [0.4, 0.5) is 4.39 Å². The van der Waals surface area contributed by atoms with Gasteiger partial charge in [0.1, 0.15) is 11.6 Å². The molecule has 0 aliphatic carbocycles. The highest BCUT2D eigenvalue weighted by Gasteiger charge is 2.23. The summed E-state index contributed by atoms with van der Waals surface area (Å²) >= 11 is 0. The molecule has 0 fully saturated rings. The molecule has 39 heavy (non-hydrogen) atoms. The SMILES string of the molecule is CC(C)(C)O.CCOC(=O)Cc1c(C)cc2cc(C(C)C)c(F)cc2c1-c1ccc2c3c(ccnc13)CCO2. The Kier molecular flexibility index (Phi) is 8.26. The number of aryl methyl sites for hydroxylation is 1. The first-order valence-corrected chi connectivity index (χ1v) is 13.6. The van der Waals surface area contributed by atoms with E-state index in [0.29, 0.717) is 18.8 Å². The molecular weight excluding hydrogens is 493 g/mol. The van der Waals surface area contributed by atoms with Crippen LogP contribution in [0.5, 0.6) is 5.75 Å². The minimum atomic E-state index is -0.500. The molecule has 5 nitrogen and oxygen atoms in total. The van der Waals surface area contributed by atoms with Crippen LogP contribution in [-0.2, 0) is 22.4 Å². The van der Waals surface area contributed by atoms with Gasteiger partial charge in [0.2, 0.25) is 0 Å². The van der Waals surface area contributed by atoms with Gasteiger partial charge in [0.25, 0.3) is 0 Å². The number of halogens is 1. The highest BCUT2D eigenvalue weighted by Crippen LogP contribution is 2.43. The monoisotopic (exact) mass is 531 g/mol. The van der Waals surface area contributed by atoms with E-state index in [1.807, 2.05) is 57.3 Å². The first kappa shape index (κ1) is 28.5. The van der Waals surface area contributed by atoms with E-state index in [9.17, 15) is 4.79 Å². The van der Waals surface area contributed by atoms with Crippen molar-refractivity contribution in [2.45, 2.75) is 72.8 Å². The van der Waals surface area contributed by atoms with Gasteiger partial charge in [0.05, 0.1) is 30.8 Å². The molecule has 6 heteroatoms. The van der Waals surface area contributed by atoms with Crippen LogP contribution < -0.4 is 4.74 Å². The number of aliphatic hydroxyl groups is 1. The Bertz CT molecular complexity index is 1520. The maximum Gasteiger partial charge on any atom is 0.310 e. The van der Waals surface area contributed by atoms with Gasteiger partial charge in [-0.2, -0.15) is 0 Å². The fourth-order valence-corrected chi connectivity index (χ4v) is 5.06. The molecule has 0 saturated carbocycles. The molecule has 0 spiro atoms. The van der Waals surface area contributed by atoms with Crippen molar-refractivity contribution in [1.29, 1.82) is 0 Å². The van der Waals surface area contributed by atoms with Crippen LogP contribution in [0, 0.1) is 12.7 Å². The summed E-state index contributed by atoms with van der Waals surface area (Å²) in [7, 11) is 0. The molecule has 1 N–H and O–H groups in total. The quantitative estimate of drug-likeness (QED) is 0.271. The third kappa shape index (κ3) is 6.22. The minimum Gasteiger partial charge on any atom is -0.493 e. The van der Waals surface area contributed by atoms with Gasteiger partial charge in [-0.1, -0.05) is 19.9 Å². The summed E-state index contributed by atoms with van der Waals surface area (Å²) in [5.74, 6) is 0.329. The van der Waals surface area contributed by atoms with Gasteiger partial charge in [-0.05, 0) is 109 Å².